The van der Waals surface area contributed by atoms with Gasteiger partial charge >= 0.3 is 6.09 Å². The number of hydrogen-bond acceptors (Lipinski definition) is 4. The van der Waals surface area contributed by atoms with Gasteiger partial charge in [0.25, 0.3) is 5.56 Å². The van der Waals surface area contributed by atoms with Crippen LogP contribution in [0, 0.1) is 11.7 Å². The van der Waals surface area contributed by atoms with Crippen LogP contribution in [0.4, 0.5) is 14.9 Å². The summed E-state index contributed by atoms with van der Waals surface area (Å²) in [7, 11) is 1.23. The highest BCUT2D eigenvalue weighted by Gasteiger charge is 2.39. The van der Waals surface area contributed by atoms with E-state index in [1.165, 1.54) is 19.4 Å². The Kier molecular flexibility index (Phi) is 5.70. The number of halogens is 2. The van der Waals surface area contributed by atoms with E-state index in [0.717, 1.165) is 30.5 Å². The first-order valence-corrected chi connectivity index (χ1v) is 9.22. The molecule has 1 amide bonds. The van der Waals surface area contributed by atoms with Crippen LogP contribution in [-0.2, 0) is 4.74 Å². The lowest BCUT2D eigenvalue weighted by atomic mass is 10.0. The lowest BCUT2D eigenvalue weighted by molar-refractivity contribution is 0.187. The number of alkyl halides is 1. The Bertz CT molecular complexity index is 858. The second kappa shape index (κ2) is 7.99. The molecule has 3 atom stereocenters. The van der Waals surface area contributed by atoms with Crippen LogP contribution in [0.5, 0.6) is 0 Å². The van der Waals surface area contributed by atoms with Gasteiger partial charge in [-0.2, -0.15) is 0 Å². The van der Waals surface area contributed by atoms with Gasteiger partial charge in [0.05, 0.1) is 19.0 Å². The molecule has 2 N–H and O–H groups in total. The van der Waals surface area contributed by atoms with Crippen molar-refractivity contribution in [3.63, 3.8) is 0 Å². The molecular formula is C18H19BrFN3O3. The Morgan fingerprint density at radius 3 is 3.04 bits per heavy atom. The van der Waals surface area contributed by atoms with Gasteiger partial charge < -0.3 is 9.72 Å². The van der Waals surface area contributed by atoms with E-state index >= 15 is 0 Å². The number of rotatable bonds is 6. The van der Waals surface area contributed by atoms with Crippen molar-refractivity contribution in [3.8, 4) is 0 Å². The highest BCUT2D eigenvalue weighted by atomic mass is 79.9. The van der Waals surface area contributed by atoms with Gasteiger partial charge in [-0.3, -0.25) is 15.1 Å². The van der Waals surface area contributed by atoms with Crippen LogP contribution in [0.2, 0.25) is 0 Å². The third-order valence-corrected chi connectivity index (χ3v) is 5.55. The molecule has 6 nitrogen and oxygen atoms in total. The van der Waals surface area contributed by atoms with Crippen LogP contribution in [0.25, 0.3) is 0 Å². The van der Waals surface area contributed by atoms with E-state index in [0.29, 0.717) is 11.8 Å². The van der Waals surface area contributed by atoms with Gasteiger partial charge in [-0.1, -0.05) is 22.0 Å². The molecule has 8 heteroatoms. The molecule has 1 aliphatic rings. The third-order valence-electron chi connectivity index (χ3n) is 4.56. The first-order chi connectivity index (χ1) is 12.5. The maximum Gasteiger partial charge on any atom is 0.411 e. The first kappa shape index (κ1) is 18.6. The summed E-state index contributed by atoms with van der Waals surface area (Å²) in [5.41, 5.74) is 1.68. The van der Waals surface area contributed by atoms with Crippen molar-refractivity contribution in [1.82, 2.24) is 9.97 Å². The van der Waals surface area contributed by atoms with Gasteiger partial charge in [0, 0.05) is 22.6 Å². The first-order valence-electron chi connectivity index (χ1n) is 8.30. The van der Waals surface area contributed by atoms with Gasteiger partial charge in [-0.05, 0) is 42.9 Å². The van der Waals surface area contributed by atoms with Crippen molar-refractivity contribution >= 4 is 27.7 Å². The number of nitrogens with zero attached hydrogens (tertiary/aromatic N) is 1. The molecule has 1 saturated carbocycles. The van der Waals surface area contributed by atoms with Gasteiger partial charge in [0.1, 0.15) is 5.82 Å². The molecule has 0 aliphatic heterocycles. The molecule has 0 bridgehead atoms. The molecule has 0 radical (unpaired) electrons. The number of carbonyl (C=O) groups is 1. The Labute approximate surface area is 158 Å². The van der Waals surface area contributed by atoms with Crippen molar-refractivity contribution in [3.05, 3.63) is 58.0 Å². The zero-order chi connectivity index (χ0) is 18.7. The highest BCUT2D eigenvalue weighted by molar-refractivity contribution is 9.09. The number of carbonyl (C=O) groups excluding carboxylic acids is 1. The van der Waals surface area contributed by atoms with E-state index in [1.54, 1.807) is 18.3 Å². The number of amides is 1. The molecule has 138 valence electrons. The van der Waals surface area contributed by atoms with E-state index < -0.39 is 11.9 Å². The number of anilines is 1. The number of ether oxygens (including phenoxy) is 1. The summed E-state index contributed by atoms with van der Waals surface area (Å²) in [6.07, 6.45) is 5.12. The molecule has 2 aromatic rings. The van der Waals surface area contributed by atoms with Crippen LogP contribution in [-0.4, -0.2) is 23.2 Å². The lowest BCUT2D eigenvalue weighted by Gasteiger charge is -2.13. The molecule has 3 rings (SSSR count). The summed E-state index contributed by atoms with van der Waals surface area (Å²) in [6.45, 7) is 0. The summed E-state index contributed by atoms with van der Waals surface area (Å²) >= 11 is 3.64. The highest BCUT2D eigenvalue weighted by Crippen LogP contribution is 2.50. The van der Waals surface area contributed by atoms with Crippen LogP contribution < -0.4 is 10.9 Å². The number of aromatic amines is 1. The molecule has 1 aromatic heterocycles. The fraction of sp³-hybridized carbons (Fsp3) is 0.389. The predicted molar refractivity (Wildman–Crippen MR) is 99.0 cm³/mol. The molecule has 1 heterocycles. The number of benzene rings is 1. The van der Waals surface area contributed by atoms with Crippen molar-refractivity contribution in [2.75, 3.05) is 12.4 Å². The average Bonchev–Trinajstić information content (AvgIpc) is 3.41. The Hall–Kier alpha value is -2.22. The smallest absolute Gasteiger partial charge is 0.411 e. The van der Waals surface area contributed by atoms with E-state index in [2.05, 4.69) is 36.0 Å². The predicted octanol–water partition coefficient (Wildman–Crippen LogP) is 4.11. The summed E-state index contributed by atoms with van der Waals surface area (Å²) in [6, 6.07) is 4.63. The summed E-state index contributed by atoms with van der Waals surface area (Å²) in [5.74, 6) is 0.338. The summed E-state index contributed by atoms with van der Waals surface area (Å²) in [5, 5.41) is 2.37. The fourth-order valence-electron chi connectivity index (χ4n) is 3.05. The lowest BCUT2D eigenvalue weighted by Crippen LogP contribution is -2.12. The molecule has 1 aromatic carbocycles. The van der Waals surface area contributed by atoms with Gasteiger partial charge in [-0.15, -0.1) is 0 Å². The molecule has 1 aliphatic carbocycles. The second-order valence-electron chi connectivity index (χ2n) is 6.35. The molecule has 0 spiro atoms. The summed E-state index contributed by atoms with van der Waals surface area (Å²) in [4.78, 5) is 29.4. The number of hydrogen-bond donors (Lipinski definition) is 2. The molecule has 3 unspecified atom stereocenters. The van der Waals surface area contributed by atoms with Crippen LogP contribution in [0.15, 0.2) is 35.4 Å². The van der Waals surface area contributed by atoms with Crippen molar-refractivity contribution in [2.24, 2.45) is 5.92 Å². The SMILES string of the molecule is COC(=O)Nc1cc(C(Br)CCC2CC2c2cncc(=O)[nH]2)ccc1F. The number of H-pyrrole nitrogens is 1. The quantitative estimate of drug-likeness (QED) is 0.684. The molecule has 26 heavy (non-hydrogen) atoms. The minimum atomic E-state index is -0.710. The van der Waals surface area contributed by atoms with Crippen LogP contribution in [0.3, 0.4) is 0 Å². The van der Waals surface area contributed by atoms with Gasteiger partial charge in [-0.25, -0.2) is 9.18 Å². The van der Waals surface area contributed by atoms with E-state index in [9.17, 15) is 14.0 Å². The van der Waals surface area contributed by atoms with Gasteiger partial charge in [0.15, 0.2) is 0 Å². The minimum absolute atomic E-state index is 0.0375. The number of aromatic nitrogens is 2. The van der Waals surface area contributed by atoms with E-state index in [-0.39, 0.29) is 16.1 Å². The topological polar surface area (TPSA) is 84.1 Å². The van der Waals surface area contributed by atoms with Crippen molar-refractivity contribution in [2.45, 2.75) is 30.0 Å². The van der Waals surface area contributed by atoms with E-state index in [1.807, 2.05) is 0 Å². The zero-order valence-electron chi connectivity index (χ0n) is 14.2. The zero-order valence-corrected chi connectivity index (χ0v) is 15.8. The molecule has 1 fully saturated rings. The third kappa shape index (κ3) is 4.49. The largest absolute Gasteiger partial charge is 0.453 e. The number of nitrogens with one attached hydrogen (secondary N) is 2. The van der Waals surface area contributed by atoms with Crippen LogP contribution >= 0.6 is 15.9 Å². The monoisotopic (exact) mass is 423 g/mol. The second-order valence-corrected chi connectivity index (χ2v) is 7.46. The Morgan fingerprint density at radius 2 is 2.31 bits per heavy atom. The van der Waals surface area contributed by atoms with Crippen molar-refractivity contribution < 1.29 is 13.9 Å². The summed E-state index contributed by atoms with van der Waals surface area (Å²) < 4.78 is 18.3. The van der Waals surface area contributed by atoms with Gasteiger partial charge in [0.2, 0.25) is 0 Å². The average molecular weight is 424 g/mol. The molecular weight excluding hydrogens is 405 g/mol. The Morgan fingerprint density at radius 1 is 1.50 bits per heavy atom. The standard InChI is InChI=1S/C18H19BrFN3O3/c1-26-18(25)23-15-7-11(3-5-14(15)20)13(19)4-2-10-6-12(10)16-8-21-9-17(24)22-16/h3,5,7-10,12-13H,2,4,6H2,1H3,(H,22,24)(H,23,25). The minimum Gasteiger partial charge on any atom is -0.453 e. The number of methoxy groups -OCH3 is 1. The normalized spacial score (nSPS) is 19.7. The van der Waals surface area contributed by atoms with Crippen molar-refractivity contribution in [1.29, 1.82) is 0 Å². The maximum absolute atomic E-state index is 13.8. The maximum atomic E-state index is 13.8. The molecule has 0 saturated heterocycles. The van der Waals surface area contributed by atoms with E-state index in [4.69, 9.17) is 0 Å². The Balaban J connectivity index is 1.57. The van der Waals surface area contributed by atoms with Crippen LogP contribution in [0.1, 0.15) is 41.3 Å². The fourth-order valence-corrected chi connectivity index (χ4v) is 3.60.